The van der Waals surface area contributed by atoms with Gasteiger partial charge in [-0.3, -0.25) is 0 Å². The lowest BCUT2D eigenvalue weighted by Crippen LogP contribution is -2.45. The van der Waals surface area contributed by atoms with E-state index < -0.39 is 15.1 Å². The lowest BCUT2D eigenvalue weighted by molar-refractivity contribution is 0.112. The van der Waals surface area contributed by atoms with Gasteiger partial charge in [0.25, 0.3) is 9.04 Å². The van der Waals surface area contributed by atoms with E-state index in [0.717, 1.165) is 0 Å². The normalized spacial score (nSPS) is 13.5. The van der Waals surface area contributed by atoms with Gasteiger partial charge in [-0.2, -0.15) is 0 Å². The van der Waals surface area contributed by atoms with E-state index in [9.17, 15) is 5.11 Å². The highest BCUT2D eigenvalue weighted by atomic mass is 28.3. The van der Waals surface area contributed by atoms with Crippen molar-refractivity contribution in [3.05, 3.63) is 60.7 Å². The van der Waals surface area contributed by atoms with Gasteiger partial charge in [-0.25, -0.2) is 0 Å². The van der Waals surface area contributed by atoms with Gasteiger partial charge in [0.15, 0.2) is 0 Å². The van der Waals surface area contributed by atoms with Crippen molar-refractivity contribution in [3.63, 3.8) is 0 Å². The summed E-state index contributed by atoms with van der Waals surface area (Å²) in [6, 6.07) is 20.5. The third-order valence-corrected chi connectivity index (χ3v) is 5.78. The molecule has 1 N–H and O–H groups in total. The molecule has 0 aliphatic carbocycles. The zero-order chi connectivity index (χ0) is 15.8. The summed E-state index contributed by atoms with van der Waals surface area (Å²) in [5.41, 5.74) is 0. The minimum Gasteiger partial charge on any atom is -0.407 e. The van der Waals surface area contributed by atoms with Crippen LogP contribution < -0.4 is 10.4 Å². The molecule has 113 valence electrons. The Morgan fingerprint density at radius 3 is 2.00 bits per heavy atom. The molecule has 0 fully saturated rings. The Kier molecular flexibility index (Phi) is 6.41. The molecule has 0 saturated carbocycles. The Morgan fingerprint density at radius 1 is 1.05 bits per heavy atom. The molecule has 1 radical (unpaired) electrons. The summed E-state index contributed by atoms with van der Waals surface area (Å²) in [6.07, 6.45) is 5.38. The van der Waals surface area contributed by atoms with Gasteiger partial charge in [0.05, 0.1) is 6.10 Å². The fraction of sp³-hybridized carbons (Fsp3) is 0.263. The second-order valence-corrected chi connectivity index (χ2v) is 7.32. The zero-order valence-corrected chi connectivity index (χ0v) is 13.8. The van der Waals surface area contributed by atoms with Crippen molar-refractivity contribution in [2.24, 2.45) is 5.92 Å². The molecular formula is C19H21O2Si. The van der Waals surface area contributed by atoms with Crippen molar-refractivity contribution in [3.8, 4) is 12.3 Å². The first-order valence-electron chi connectivity index (χ1n) is 7.47. The number of hydrogen-bond acceptors (Lipinski definition) is 2. The van der Waals surface area contributed by atoms with Crippen LogP contribution in [-0.4, -0.2) is 26.9 Å². The number of aliphatic hydroxyl groups excluding tert-OH is 1. The fourth-order valence-electron chi connectivity index (χ4n) is 2.16. The highest BCUT2D eigenvalue weighted by molar-refractivity contribution is 6.80. The highest BCUT2D eigenvalue weighted by Crippen LogP contribution is 2.06. The van der Waals surface area contributed by atoms with Gasteiger partial charge in [0, 0.05) is 12.5 Å². The summed E-state index contributed by atoms with van der Waals surface area (Å²) in [6.45, 7) is 2.36. The maximum absolute atomic E-state index is 9.96. The van der Waals surface area contributed by atoms with Crippen LogP contribution in [0.25, 0.3) is 0 Å². The quantitative estimate of drug-likeness (QED) is 0.624. The maximum atomic E-state index is 9.96. The topological polar surface area (TPSA) is 29.5 Å². The number of terminal acetylenes is 1. The smallest absolute Gasteiger partial charge is 0.282 e. The van der Waals surface area contributed by atoms with E-state index in [2.05, 4.69) is 30.2 Å². The summed E-state index contributed by atoms with van der Waals surface area (Å²) >= 11 is 0. The molecule has 0 unspecified atom stereocenters. The molecular weight excluding hydrogens is 288 g/mol. The summed E-state index contributed by atoms with van der Waals surface area (Å²) in [5, 5.41) is 12.4. The van der Waals surface area contributed by atoms with Crippen molar-refractivity contribution in [1.82, 2.24) is 0 Å². The molecule has 0 aliphatic heterocycles. The Hall–Kier alpha value is -1.86. The summed E-state index contributed by atoms with van der Waals surface area (Å²) in [4.78, 5) is 0. The first kappa shape index (κ1) is 16.5. The van der Waals surface area contributed by atoms with Crippen LogP contribution in [0.15, 0.2) is 60.7 Å². The van der Waals surface area contributed by atoms with Gasteiger partial charge < -0.3 is 9.53 Å². The Bertz CT molecular complexity index is 552. The van der Waals surface area contributed by atoms with Crippen LogP contribution in [0.2, 0.25) is 0 Å². The van der Waals surface area contributed by atoms with Gasteiger partial charge in [0.2, 0.25) is 0 Å². The molecule has 0 heterocycles. The fourth-order valence-corrected chi connectivity index (χ4v) is 4.13. The average molecular weight is 309 g/mol. The van der Waals surface area contributed by atoms with Crippen molar-refractivity contribution >= 4 is 19.4 Å². The van der Waals surface area contributed by atoms with E-state index in [1.54, 1.807) is 0 Å². The van der Waals surface area contributed by atoms with E-state index >= 15 is 0 Å². The van der Waals surface area contributed by atoms with Crippen molar-refractivity contribution in [2.45, 2.75) is 19.4 Å². The predicted octanol–water partition coefficient (Wildman–Crippen LogP) is 1.83. The molecule has 3 heteroatoms. The first-order valence-corrected chi connectivity index (χ1v) is 8.88. The zero-order valence-electron chi connectivity index (χ0n) is 12.8. The standard InChI is InChI=1S/C19H21O2Si/c1-3-16(2)19(20)14-15-21-22(17-10-6-4-7-11-17)18-12-8-5-9-13-18/h1,4-13,16,19-20H,14-15H2,2H3/t16-,19+/m0/s1. The Labute approximate surface area is 134 Å². The van der Waals surface area contributed by atoms with E-state index in [-0.39, 0.29) is 5.92 Å². The highest BCUT2D eigenvalue weighted by Gasteiger charge is 2.20. The van der Waals surface area contributed by atoms with Crippen LogP contribution in [0, 0.1) is 18.3 Å². The largest absolute Gasteiger partial charge is 0.407 e. The van der Waals surface area contributed by atoms with Crippen LogP contribution in [0.3, 0.4) is 0 Å². The minimum absolute atomic E-state index is 0.146. The molecule has 0 saturated heterocycles. The van der Waals surface area contributed by atoms with Gasteiger partial charge in [0.1, 0.15) is 0 Å². The molecule has 0 spiro atoms. The van der Waals surface area contributed by atoms with Crippen molar-refractivity contribution in [1.29, 1.82) is 0 Å². The lowest BCUT2D eigenvalue weighted by Gasteiger charge is -2.18. The number of aliphatic hydroxyl groups is 1. The van der Waals surface area contributed by atoms with Crippen LogP contribution in [0.5, 0.6) is 0 Å². The summed E-state index contributed by atoms with van der Waals surface area (Å²) in [5.74, 6) is 2.42. The van der Waals surface area contributed by atoms with Crippen LogP contribution >= 0.6 is 0 Å². The lowest BCUT2D eigenvalue weighted by atomic mass is 10.0. The summed E-state index contributed by atoms with van der Waals surface area (Å²) in [7, 11) is -1.29. The minimum atomic E-state index is -1.29. The third kappa shape index (κ3) is 4.57. The number of hydrogen-bond donors (Lipinski definition) is 1. The molecule has 0 aliphatic rings. The second-order valence-electron chi connectivity index (χ2n) is 5.22. The van der Waals surface area contributed by atoms with Gasteiger partial charge in [-0.15, -0.1) is 12.3 Å². The molecule has 22 heavy (non-hydrogen) atoms. The molecule has 2 nitrogen and oxygen atoms in total. The average Bonchev–Trinajstić information content (AvgIpc) is 2.59. The van der Waals surface area contributed by atoms with Crippen LogP contribution in [-0.2, 0) is 4.43 Å². The Balaban J connectivity index is 2.05. The van der Waals surface area contributed by atoms with E-state index in [4.69, 9.17) is 10.8 Å². The van der Waals surface area contributed by atoms with E-state index in [1.165, 1.54) is 10.4 Å². The van der Waals surface area contributed by atoms with E-state index in [1.807, 2.05) is 43.3 Å². The van der Waals surface area contributed by atoms with Gasteiger partial charge in [-0.05, 0) is 23.7 Å². The SMILES string of the molecule is C#C[C@H](C)[C@H](O)CCO[Si](c1ccccc1)c1ccccc1. The molecule has 0 aromatic heterocycles. The molecule has 2 atom stereocenters. The monoisotopic (exact) mass is 309 g/mol. The number of benzene rings is 2. The molecule has 2 rings (SSSR count). The molecule has 0 bridgehead atoms. The van der Waals surface area contributed by atoms with Gasteiger partial charge in [-0.1, -0.05) is 60.7 Å². The second kappa shape index (κ2) is 8.55. The molecule has 0 amide bonds. The van der Waals surface area contributed by atoms with Crippen molar-refractivity contribution < 1.29 is 9.53 Å². The van der Waals surface area contributed by atoms with Crippen LogP contribution in [0.1, 0.15) is 13.3 Å². The molecule has 2 aromatic rings. The maximum Gasteiger partial charge on any atom is 0.282 e. The van der Waals surface area contributed by atoms with Crippen LogP contribution in [0.4, 0.5) is 0 Å². The predicted molar refractivity (Wildman–Crippen MR) is 92.5 cm³/mol. The third-order valence-electron chi connectivity index (χ3n) is 3.57. The van der Waals surface area contributed by atoms with Crippen molar-refractivity contribution in [2.75, 3.05) is 6.61 Å². The van der Waals surface area contributed by atoms with E-state index in [0.29, 0.717) is 13.0 Å². The molecule has 2 aromatic carbocycles. The first-order chi connectivity index (χ1) is 10.7. The van der Waals surface area contributed by atoms with Gasteiger partial charge >= 0.3 is 0 Å². The Morgan fingerprint density at radius 2 is 1.55 bits per heavy atom. The summed E-state index contributed by atoms with van der Waals surface area (Å²) < 4.78 is 6.15. The number of rotatable bonds is 7.